The molecule has 134 valence electrons. The number of methoxy groups -OCH3 is 1. The third-order valence-electron chi connectivity index (χ3n) is 3.59. The summed E-state index contributed by atoms with van der Waals surface area (Å²) in [4.78, 5) is 13.1. The van der Waals surface area contributed by atoms with E-state index < -0.39 is 0 Å². The average molecular weight is 369 g/mol. The largest absolute Gasteiger partial charge is 0.497 e. The summed E-state index contributed by atoms with van der Waals surface area (Å²) in [7, 11) is 1.63. The van der Waals surface area contributed by atoms with E-state index in [1.54, 1.807) is 18.9 Å². The van der Waals surface area contributed by atoms with Crippen LogP contribution in [0.5, 0.6) is 5.75 Å². The fourth-order valence-electron chi connectivity index (χ4n) is 2.28. The summed E-state index contributed by atoms with van der Waals surface area (Å²) in [5, 5.41) is 10.5. The van der Waals surface area contributed by atoms with Gasteiger partial charge in [0.2, 0.25) is 11.8 Å². The second-order valence-corrected chi connectivity index (χ2v) is 6.77. The average Bonchev–Trinajstić information content (AvgIpc) is 3.11. The van der Waals surface area contributed by atoms with E-state index in [-0.39, 0.29) is 11.9 Å². The molecule has 1 N–H and O–H groups in total. The van der Waals surface area contributed by atoms with Crippen molar-refractivity contribution in [3.05, 3.63) is 54.1 Å². The summed E-state index contributed by atoms with van der Waals surface area (Å²) in [6.45, 7) is 1.99. The molecule has 0 saturated carbocycles. The van der Waals surface area contributed by atoms with Crippen molar-refractivity contribution >= 4 is 23.7 Å². The van der Waals surface area contributed by atoms with Gasteiger partial charge in [0.25, 0.3) is 0 Å². The lowest BCUT2D eigenvalue weighted by Crippen LogP contribution is -2.12. The Balaban J connectivity index is 1.49. The van der Waals surface area contributed by atoms with Crippen molar-refractivity contribution in [2.45, 2.75) is 18.2 Å². The van der Waals surface area contributed by atoms with Gasteiger partial charge in [0.1, 0.15) is 5.75 Å². The number of benzene rings is 2. The van der Waals surface area contributed by atoms with Crippen molar-refractivity contribution in [3.8, 4) is 17.2 Å². The number of ether oxygens (including phenoxy) is 1. The Kier molecular flexibility index (Phi) is 5.91. The zero-order chi connectivity index (χ0) is 18.4. The van der Waals surface area contributed by atoms with Gasteiger partial charge in [0, 0.05) is 22.6 Å². The number of hydrogen-bond acceptors (Lipinski definition) is 6. The van der Waals surface area contributed by atoms with E-state index in [9.17, 15) is 4.79 Å². The van der Waals surface area contributed by atoms with E-state index in [1.807, 2.05) is 55.5 Å². The van der Waals surface area contributed by atoms with Crippen molar-refractivity contribution < 1.29 is 13.9 Å². The number of hydrogen-bond donors (Lipinski definition) is 1. The van der Waals surface area contributed by atoms with Gasteiger partial charge >= 0.3 is 6.01 Å². The second kappa shape index (κ2) is 8.53. The highest BCUT2D eigenvalue weighted by molar-refractivity contribution is 7.99. The summed E-state index contributed by atoms with van der Waals surface area (Å²) < 4.78 is 10.6. The Morgan fingerprint density at radius 2 is 2.00 bits per heavy atom. The standard InChI is InChI=1S/C19H19N3O3S/c1-13-4-3-5-14(12-13)18-21-22-19(25-18)20-17(23)10-11-26-16-8-6-15(24-2)7-9-16/h3-9,12H,10-11H2,1-2H3,(H,20,22,23). The van der Waals surface area contributed by atoms with Gasteiger partial charge < -0.3 is 9.15 Å². The fraction of sp³-hybridized carbons (Fsp3) is 0.211. The molecule has 0 aliphatic carbocycles. The van der Waals surface area contributed by atoms with Gasteiger partial charge in [0.15, 0.2) is 0 Å². The van der Waals surface area contributed by atoms with Crippen LogP contribution in [0.3, 0.4) is 0 Å². The molecular weight excluding hydrogens is 350 g/mol. The lowest BCUT2D eigenvalue weighted by atomic mass is 10.1. The van der Waals surface area contributed by atoms with Crippen molar-refractivity contribution in [2.24, 2.45) is 0 Å². The lowest BCUT2D eigenvalue weighted by Gasteiger charge is -2.03. The number of thioether (sulfide) groups is 1. The van der Waals surface area contributed by atoms with Crippen LogP contribution in [0.25, 0.3) is 11.5 Å². The first-order chi connectivity index (χ1) is 12.6. The second-order valence-electron chi connectivity index (χ2n) is 5.60. The summed E-state index contributed by atoms with van der Waals surface area (Å²) in [6.07, 6.45) is 0.346. The molecule has 0 bridgehead atoms. The van der Waals surface area contributed by atoms with Crippen LogP contribution in [0, 0.1) is 6.92 Å². The molecule has 3 aromatic rings. The van der Waals surface area contributed by atoms with Crippen molar-refractivity contribution in [1.82, 2.24) is 10.2 Å². The predicted molar refractivity (Wildman–Crippen MR) is 101 cm³/mol. The normalized spacial score (nSPS) is 10.5. The van der Waals surface area contributed by atoms with Crippen LogP contribution < -0.4 is 10.1 Å². The molecule has 7 heteroatoms. The molecule has 1 amide bonds. The molecule has 1 heterocycles. The topological polar surface area (TPSA) is 77.2 Å². The lowest BCUT2D eigenvalue weighted by molar-refractivity contribution is -0.115. The zero-order valence-corrected chi connectivity index (χ0v) is 15.4. The molecule has 0 aliphatic heterocycles. The number of aromatic nitrogens is 2. The Morgan fingerprint density at radius 3 is 2.73 bits per heavy atom. The molecule has 6 nitrogen and oxygen atoms in total. The van der Waals surface area contributed by atoms with Crippen LogP contribution >= 0.6 is 11.8 Å². The SMILES string of the molecule is COc1ccc(SCCC(=O)Nc2nnc(-c3cccc(C)c3)o2)cc1. The first-order valence-electron chi connectivity index (χ1n) is 8.11. The third kappa shape index (κ3) is 4.86. The van der Waals surface area contributed by atoms with E-state index in [4.69, 9.17) is 9.15 Å². The molecule has 26 heavy (non-hydrogen) atoms. The molecule has 0 saturated heterocycles. The smallest absolute Gasteiger partial charge is 0.322 e. The minimum atomic E-state index is -0.162. The number of amides is 1. The number of nitrogens with one attached hydrogen (secondary N) is 1. The van der Waals surface area contributed by atoms with Gasteiger partial charge in [0.05, 0.1) is 7.11 Å². The monoisotopic (exact) mass is 369 g/mol. The van der Waals surface area contributed by atoms with Crippen LogP contribution in [0.4, 0.5) is 6.01 Å². The van der Waals surface area contributed by atoms with Gasteiger partial charge in [-0.3, -0.25) is 10.1 Å². The molecule has 0 aliphatic rings. The maximum atomic E-state index is 12.0. The summed E-state index contributed by atoms with van der Waals surface area (Å²) in [5.41, 5.74) is 1.93. The van der Waals surface area contributed by atoms with Crippen LogP contribution in [0.1, 0.15) is 12.0 Å². The third-order valence-corrected chi connectivity index (χ3v) is 4.61. The van der Waals surface area contributed by atoms with Crippen molar-refractivity contribution in [2.75, 3.05) is 18.2 Å². The number of rotatable bonds is 7. The molecule has 0 spiro atoms. The maximum absolute atomic E-state index is 12.0. The quantitative estimate of drug-likeness (QED) is 0.630. The van der Waals surface area contributed by atoms with Gasteiger partial charge in [-0.2, -0.15) is 0 Å². The maximum Gasteiger partial charge on any atom is 0.322 e. The molecular formula is C19H19N3O3S. The molecule has 1 aromatic heterocycles. The molecule has 2 aromatic carbocycles. The van der Waals surface area contributed by atoms with Crippen molar-refractivity contribution in [3.63, 3.8) is 0 Å². The molecule has 0 radical (unpaired) electrons. The number of carbonyl (C=O) groups is 1. The molecule has 0 unspecified atom stereocenters. The summed E-state index contributed by atoms with van der Waals surface area (Å²) in [6, 6.07) is 15.6. The first-order valence-corrected chi connectivity index (χ1v) is 9.10. The van der Waals surface area contributed by atoms with Crippen LogP contribution in [0.15, 0.2) is 57.8 Å². The van der Waals surface area contributed by atoms with Gasteiger partial charge in [-0.25, -0.2) is 0 Å². The zero-order valence-electron chi connectivity index (χ0n) is 14.6. The number of anilines is 1. The highest BCUT2D eigenvalue weighted by Crippen LogP contribution is 2.23. The Hall–Kier alpha value is -2.80. The summed E-state index contributed by atoms with van der Waals surface area (Å²) in [5.74, 6) is 1.69. The summed E-state index contributed by atoms with van der Waals surface area (Å²) >= 11 is 1.60. The highest BCUT2D eigenvalue weighted by Gasteiger charge is 2.11. The van der Waals surface area contributed by atoms with E-state index >= 15 is 0 Å². The Morgan fingerprint density at radius 1 is 1.19 bits per heavy atom. The van der Waals surface area contributed by atoms with E-state index in [0.29, 0.717) is 18.1 Å². The highest BCUT2D eigenvalue weighted by atomic mass is 32.2. The van der Waals surface area contributed by atoms with Crippen LogP contribution in [0.2, 0.25) is 0 Å². The molecule has 3 rings (SSSR count). The number of aryl methyl sites for hydroxylation is 1. The number of nitrogens with zero attached hydrogens (tertiary/aromatic N) is 2. The minimum absolute atomic E-state index is 0.112. The van der Waals surface area contributed by atoms with E-state index in [1.165, 1.54) is 0 Å². The van der Waals surface area contributed by atoms with Crippen LogP contribution in [-0.4, -0.2) is 29.0 Å². The number of carbonyl (C=O) groups excluding carboxylic acids is 1. The Labute approximate surface area is 156 Å². The van der Waals surface area contributed by atoms with E-state index in [0.717, 1.165) is 21.8 Å². The molecule has 0 fully saturated rings. The van der Waals surface area contributed by atoms with Gasteiger partial charge in [-0.15, -0.1) is 16.9 Å². The van der Waals surface area contributed by atoms with Crippen LogP contribution in [-0.2, 0) is 4.79 Å². The van der Waals surface area contributed by atoms with Gasteiger partial charge in [-0.05, 0) is 43.3 Å². The predicted octanol–water partition coefficient (Wildman–Crippen LogP) is 4.17. The van der Waals surface area contributed by atoms with Gasteiger partial charge in [-0.1, -0.05) is 22.8 Å². The minimum Gasteiger partial charge on any atom is -0.497 e. The van der Waals surface area contributed by atoms with Crippen molar-refractivity contribution in [1.29, 1.82) is 0 Å². The first kappa shape index (κ1) is 18.0. The van der Waals surface area contributed by atoms with E-state index in [2.05, 4.69) is 15.5 Å². The fourth-order valence-corrected chi connectivity index (χ4v) is 3.14. The Bertz CT molecular complexity index is 878. The molecule has 0 atom stereocenters.